The number of cyclic esters (lactones) is 1. The number of carbonyl (C=O) groups is 1. The van der Waals surface area contributed by atoms with E-state index in [0.717, 1.165) is 6.54 Å². The molecule has 0 aromatic heterocycles. The number of alkyl carbamates (subject to hydrolysis) is 1. The van der Waals surface area contributed by atoms with E-state index in [-0.39, 0.29) is 12.2 Å². The summed E-state index contributed by atoms with van der Waals surface area (Å²) in [4.78, 5) is 10.7. The minimum absolute atomic E-state index is 0.171. The maximum Gasteiger partial charge on any atom is 0.407 e. The quantitative estimate of drug-likeness (QED) is 0.619. The van der Waals surface area contributed by atoms with Gasteiger partial charge in [0.25, 0.3) is 0 Å². The van der Waals surface area contributed by atoms with Crippen LogP contribution >= 0.6 is 0 Å². The molecule has 0 aromatic carbocycles. The molecule has 1 N–H and O–H groups in total. The molecule has 0 aromatic rings. The van der Waals surface area contributed by atoms with E-state index in [4.69, 9.17) is 4.74 Å². The molecule has 3 nitrogen and oxygen atoms in total. The zero-order chi connectivity index (χ0) is 7.68. The van der Waals surface area contributed by atoms with Crippen LogP contribution in [0.3, 0.4) is 0 Å². The van der Waals surface area contributed by atoms with Crippen molar-refractivity contribution in [3.8, 4) is 0 Å². The molecule has 1 saturated carbocycles. The molecule has 2 aliphatic rings. The summed E-state index contributed by atoms with van der Waals surface area (Å²) in [7, 11) is 0. The summed E-state index contributed by atoms with van der Waals surface area (Å²) in [5, 5.41) is 2.69. The lowest BCUT2D eigenvalue weighted by atomic mass is 10.0. The van der Waals surface area contributed by atoms with Crippen molar-refractivity contribution in [3.63, 3.8) is 0 Å². The highest BCUT2D eigenvalue weighted by Gasteiger charge is 2.32. The van der Waals surface area contributed by atoms with Gasteiger partial charge in [-0.25, -0.2) is 4.79 Å². The summed E-state index contributed by atoms with van der Waals surface area (Å²) in [6.07, 6.45) is 5.02. The first-order valence-electron chi connectivity index (χ1n) is 4.31. The average Bonchev–Trinajstić information content (AvgIpc) is 2.55. The molecular formula is C8H13NO2. The van der Waals surface area contributed by atoms with Crippen molar-refractivity contribution in [2.24, 2.45) is 5.92 Å². The van der Waals surface area contributed by atoms with Gasteiger partial charge in [0.2, 0.25) is 0 Å². The van der Waals surface area contributed by atoms with Gasteiger partial charge in [-0.2, -0.15) is 0 Å². The van der Waals surface area contributed by atoms with E-state index in [0.29, 0.717) is 5.92 Å². The van der Waals surface area contributed by atoms with Crippen molar-refractivity contribution < 1.29 is 9.53 Å². The van der Waals surface area contributed by atoms with Gasteiger partial charge in [0.05, 0.1) is 6.54 Å². The molecule has 1 saturated heterocycles. The SMILES string of the molecule is O=C1NC[C@H](C2CCCC2)O1. The van der Waals surface area contributed by atoms with Crippen LogP contribution in [0, 0.1) is 5.92 Å². The Balaban J connectivity index is 1.90. The normalized spacial score (nSPS) is 32.0. The number of ether oxygens (including phenoxy) is 1. The molecule has 2 fully saturated rings. The Morgan fingerprint density at radius 2 is 2.09 bits per heavy atom. The molecule has 0 unspecified atom stereocenters. The second-order valence-electron chi connectivity index (χ2n) is 3.37. The molecule has 0 bridgehead atoms. The summed E-state index contributed by atoms with van der Waals surface area (Å²) >= 11 is 0. The van der Waals surface area contributed by atoms with Crippen molar-refractivity contribution in [1.29, 1.82) is 0 Å². The van der Waals surface area contributed by atoms with Gasteiger partial charge in [-0.15, -0.1) is 0 Å². The minimum atomic E-state index is -0.234. The Morgan fingerprint density at radius 3 is 2.64 bits per heavy atom. The Morgan fingerprint density at radius 1 is 1.36 bits per heavy atom. The van der Waals surface area contributed by atoms with Gasteiger partial charge in [0.1, 0.15) is 6.10 Å². The Kier molecular flexibility index (Phi) is 1.72. The monoisotopic (exact) mass is 155 g/mol. The standard InChI is InChI=1S/C8H13NO2/c10-8-9-5-7(11-8)6-3-1-2-4-6/h6-7H,1-5H2,(H,9,10)/t7-/m1/s1. The van der Waals surface area contributed by atoms with Crippen LogP contribution in [0.2, 0.25) is 0 Å². The Bertz CT molecular complexity index is 163. The zero-order valence-electron chi connectivity index (χ0n) is 6.51. The zero-order valence-corrected chi connectivity index (χ0v) is 6.51. The lowest BCUT2D eigenvalue weighted by molar-refractivity contribution is 0.106. The van der Waals surface area contributed by atoms with Crippen molar-refractivity contribution in [2.75, 3.05) is 6.54 Å². The maximum absolute atomic E-state index is 10.7. The molecule has 1 amide bonds. The van der Waals surface area contributed by atoms with E-state index in [1.54, 1.807) is 0 Å². The number of nitrogens with one attached hydrogen (secondary N) is 1. The van der Waals surface area contributed by atoms with Gasteiger partial charge < -0.3 is 10.1 Å². The molecule has 1 aliphatic carbocycles. The minimum Gasteiger partial charge on any atom is -0.444 e. The number of rotatable bonds is 1. The molecule has 62 valence electrons. The lowest BCUT2D eigenvalue weighted by Gasteiger charge is -2.14. The third kappa shape index (κ3) is 1.32. The summed E-state index contributed by atoms with van der Waals surface area (Å²) in [6.45, 7) is 0.726. The van der Waals surface area contributed by atoms with E-state index >= 15 is 0 Å². The van der Waals surface area contributed by atoms with Crippen LogP contribution in [0.1, 0.15) is 25.7 Å². The van der Waals surface area contributed by atoms with E-state index in [2.05, 4.69) is 5.32 Å². The van der Waals surface area contributed by atoms with Gasteiger partial charge in [0.15, 0.2) is 0 Å². The van der Waals surface area contributed by atoms with Crippen LogP contribution in [0.15, 0.2) is 0 Å². The topological polar surface area (TPSA) is 38.3 Å². The molecule has 0 radical (unpaired) electrons. The highest BCUT2D eigenvalue weighted by atomic mass is 16.6. The molecule has 3 heteroatoms. The maximum atomic E-state index is 10.7. The molecule has 1 atom stereocenters. The Hall–Kier alpha value is -0.730. The van der Waals surface area contributed by atoms with E-state index in [1.165, 1.54) is 25.7 Å². The summed E-state index contributed by atoms with van der Waals surface area (Å²) in [5.74, 6) is 0.633. The molecule has 0 spiro atoms. The fourth-order valence-electron chi connectivity index (χ4n) is 2.00. The summed E-state index contributed by atoms with van der Waals surface area (Å²) in [6, 6.07) is 0. The molecule has 1 heterocycles. The third-order valence-corrected chi connectivity index (χ3v) is 2.63. The molecule has 2 rings (SSSR count). The first kappa shape index (κ1) is 6.95. The second-order valence-corrected chi connectivity index (χ2v) is 3.37. The molecule has 11 heavy (non-hydrogen) atoms. The number of hydrogen-bond donors (Lipinski definition) is 1. The van der Waals surface area contributed by atoms with Crippen LogP contribution in [-0.2, 0) is 4.74 Å². The fraction of sp³-hybridized carbons (Fsp3) is 0.875. The lowest BCUT2D eigenvalue weighted by Crippen LogP contribution is -2.22. The first-order chi connectivity index (χ1) is 5.36. The molecule has 1 aliphatic heterocycles. The predicted octanol–water partition coefficient (Wildman–Crippen LogP) is 1.28. The van der Waals surface area contributed by atoms with Crippen molar-refractivity contribution in [3.05, 3.63) is 0 Å². The first-order valence-corrected chi connectivity index (χ1v) is 4.31. The Labute approximate surface area is 66.1 Å². The van der Waals surface area contributed by atoms with Crippen LogP contribution in [0.4, 0.5) is 4.79 Å². The third-order valence-electron chi connectivity index (χ3n) is 2.63. The second kappa shape index (κ2) is 2.72. The van der Waals surface area contributed by atoms with Gasteiger partial charge in [-0.05, 0) is 18.8 Å². The highest BCUT2D eigenvalue weighted by molar-refractivity contribution is 5.69. The number of amides is 1. The molecular weight excluding hydrogens is 142 g/mol. The van der Waals surface area contributed by atoms with Crippen molar-refractivity contribution in [1.82, 2.24) is 5.32 Å². The van der Waals surface area contributed by atoms with Crippen LogP contribution in [0.5, 0.6) is 0 Å². The van der Waals surface area contributed by atoms with Gasteiger partial charge in [0, 0.05) is 0 Å². The predicted molar refractivity (Wildman–Crippen MR) is 40.2 cm³/mol. The van der Waals surface area contributed by atoms with Crippen LogP contribution in [0.25, 0.3) is 0 Å². The van der Waals surface area contributed by atoms with Crippen LogP contribution in [-0.4, -0.2) is 18.7 Å². The highest BCUT2D eigenvalue weighted by Crippen LogP contribution is 2.30. The average molecular weight is 155 g/mol. The largest absolute Gasteiger partial charge is 0.444 e. The smallest absolute Gasteiger partial charge is 0.407 e. The number of hydrogen-bond acceptors (Lipinski definition) is 2. The number of carbonyl (C=O) groups excluding carboxylic acids is 1. The van der Waals surface area contributed by atoms with E-state index in [9.17, 15) is 4.79 Å². The van der Waals surface area contributed by atoms with Gasteiger partial charge in [-0.3, -0.25) is 0 Å². The summed E-state index contributed by atoms with van der Waals surface area (Å²) < 4.78 is 5.10. The summed E-state index contributed by atoms with van der Waals surface area (Å²) in [5.41, 5.74) is 0. The van der Waals surface area contributed by atoms with Gasteiger partial charge in [-0.1, -0.05) is 12.8 Å². The van der Waals surface area contributed by atoms with Crippen molar-refractivity contribution >= 4 is 6.09 Å². The van der Waals surface area contributed by atoms with Crippen molar-refractivity contribution in [2.45, 2.75) is 31.8 Å². The van der Waals surface area contributed by atoms with E-state index in [1.807, 2.05) is 0 Å². The van der Waals surface area contributed by atoms with E-state index < -0.39 is 0 Å². The van der Waals surface area contributed by atoms with Crippen LogP contribution < -0.4 is 5.32 Å². The van der Waals surface area contributed by atoms with Gasteiger partial charge >= 0.3 is 6.09 Å². The fourth-order valence-corrected chi connectivity index (χ4v) is 2.00.